The summed E-state index contributed by atoms with van der Waals surface area (Å²) in [6.07, 6.45) is 0. The van der Waals surface area contributed by atoms with E-state index >= 15 is 0 Å². The number of methoxy groups -OCH3 is 1. The normalized spacial score (nSPS) is 3.68. The van der Waals surface area contributed by atoms with Crippen LogP contribution in [0.4, 0.5) is 0 Å². The Morgan fingerprint density at radius 3 is 0.737 bits per heavy atom. The van der Waals surface area contributed by atoms with E-state index in [0.717, 1.165) is 0 Å². The summed E-state index contributed by atoms with van der Waals surface area (Å²) in [5, 5.41) is 7.94. The van der Waals surface area contributed by atoms with E-state index in [1.54, 1.807) is 7.11 Å². The lowest BCUT2D eigenvalue weighted by atomic mass is 10.8. The first-order valence-electron chi connectivity index (χ1n) is 5.01. The van der Waals surface area contributed by atoms with E-state index in [4.69, 9.17) is 5.11 Å². The highest BCUT2D eigenvalue weighted by Gasteiger charge is 1.67. The van der Waals surface area contributed by atoms with Crippen LogP contribution in [0.25, 0.3) is 0 Å². The van der Waals surface area contributed by atoms with Gasteiger partial charge in [-0.25, -0.2) is 0 Å². The molecule has 0 amide bonds. The van der Waals surface area contributed by atoms with E-state index in [1.165, 1.54) is 0 Å². The molecule has 0 fully saturated rings. The van der Waals surface area contributed by atoms with Crippen LogP contribution < -0.4 is 0 Å². The summed E-state index contributed by atoms with van der Waals surface area (Å²) in [5.41, 5.74) is 0. The summed E-state index contributed by atoms with van der Waals surface area (Å²) in [5.74, 6) is 0. The van der Waals surface area contributed by atoms with E-state index < -0.39 is 0 Å². The second-order valence-electron chi connectivity index (χ2n) is 0.716. The third kappa shape index (κ3) is 320000. The molecule has 0 saturated heterocycles. The lowest BCUT2D eigenvalue weighted by Gasteiger charge is -1.84. The van der Waals surface area contributed by atoms with Gasteiger partial charge < -0.3 is 9.84 Å². The van der Waals surface area contributed by atoms with Gasteiger partial charge in [0.15, 0.2) is 0 Å². The third-order valence-corrected chi connectivity index (χ3v) is 0.295. The van der Waals surface area contributed by atoms with Crippen LogP contribution in [0.3, 0.4) is 0 Å². The number of aliphatic hydroxyl groups excluding tert-OH is 1. The van der Waals surface area contributed by atoms with Gasteiger partial charge in [-0.05, 0) is 0 Å². The molecule has 0 spiro atoms. The van der Waals surface area contributed by atoms with E-state index in [2.05, 4.69) is 96.8 Å². The number of rotatable bonds is 2. The largest absolute Gasteiger partial charge is 0.394 e. The molecular formula is C17H36O2. The van der Waals surface area contributed by atoms with Crippen LogP contribution in [0.15, 0.2) is 92.1 Å². The second kappa shape index (κ2) is 3030. The maximum absolute atomic E-state index is 7.94. The minimum atomic E-state index is 0.122. The minimum absolute atomic E-state index is 0.122. The molecule has 116 valence electrons. The number of ether oxygens (including phenoxy) is 1. The lowest BCUT2D eigenvalue weighted by molar-refractivity contribution is 0.135. The summed E-state index contributed by atoms with van der Waals surface area (Å²) in [4.78, 5) is 0. The van der Waals surface area contributed by atoms with Crippen LogP contribution in [-0.2, 0) is 4.74 Å². The Bertz CT molecular complexity index is 54.0. The number of hydrogen-bond donors (Lipinski definition) is 1. The Balaban J connectivity index is -0.0000000128. The Kier molecular flexibility index (Phi) is 8550. The zero-order valence-corrected chi connectivity index (χ0v) is 13.2. The van der Waals surface area contributed by atoms with Gasteiger partial charge in [0.2, 0.25) is 0 Å². The fourth-order valence-electron chi connectivity index (χ4n) is 0.0913. The molecule has 2 nitrogen and oxygen atoms in total. The van der Waals surface area contributed by atoms with Gasteiger partial charge in [0.1, 0.15) is 0 Å². The summed E-state index contributed by atoms with van der Waals surface area (Å²) >= 11 is 0. The first-order valence-corrected chi connectivity index (χ1v) is 5.01. The maximum Gasteiger partial charge on any atom is 0.0693 e. The fraction of sp³-hybridized carbons (Fsp3) is 0.176. The van der Waals surface area contributed by atoms with Crippen molar-refractivity contribution in [1.82, 2.24) is 0 Å². The summed E-state index contributed by atoms with van der Waals surface area (Å²) in [6, 6.07) is 0. The molecule has 0 bridgehead atoms. The molecule has 0 unspecified atom stereocenters. The molecule has 0 atom stereocenters. The highest BCUT2D eigenvalue weighted by atomic mass is 16.5. The molecule has 0 rings (SSSR count). The van der Waals surface area contributed by atoms with Gasteiger partial charge in [-0.2, -0.15) is 0 Å². The zero-order chi connectivity index (χ0) is 18.1. The van der Waals surface area contributed by atoms with Gasteiger partial charge in [0, 0.05) is 7.11 Å². The topological polar surface area (TPSA) is 29.5 Å². The van der Waals surface area contributed by atoms with Crippen molar-refractivity contribution in [2.45, 2.75) is 0 Å². The first-order chi connectivity index (χ1) is 9.41. The standard InChI is InChI=1S/C3H8O2.7C2H4/c1-5-3-2-4;7*1-2/h4H,2-3H2,1H3;7*1-2H2. The van der Waals surface area contributed by atoms with E-state index in [-0.39, 0.29) is 6.61 Å². The van der Waals surface area contributed by atoms with Crippen molar-refractivity contribution in [2.24, 2.45) is 0 Å². The average molecular weight is 272 g/mol. The maximum atomic E-state index is 7.94. The predicted molar refractivity (Wildman–Crippen MR) is 97.7 cm³/mol. The molecule has 19 heavy (non-hydrogen) atoms. The van der Waals surface area contributed by atoms with Crippen molar-refractivity contribution in [2.75, 3.05) is 20.3 Å². The van der Waals surface area contributed by atoms with Crippen LogP contribution in [0.2, 0.25) is 0 Å². The monoisotopic (exact) mass is 272 g/mol. The quantitative estimate of drug-likeness (QED) is 0.696. The molecule has 0 aliphatic heterocycles. The lowest BCUT2D eigenvalue weighted by Crippen LogP contribution is -1.91. The van der Waals surface area contributed by atoms with Crippen molar-refractivity contribution in [3.8, 4) is 0 Å². The Morgan fingerprint density at radius 1 is 0.579 bits per heavy atom. The molecule has 0 aromatic heterocycles. The molecule has 0 aliphatic rings. The van der Waals surface area contributed by atoms with Crippen LogP contribution >= 0.6 is 0 Å². The zero-order valence-electron chi connectivity index (χ0n) is 13.2. The molecule has 2 heteroatoms. The van der Waals surface area contributed by atoms with Gasteiger partial charge in [0.25, 0.3) is 0 Å². The van der Waals surface area contributed by atoms with Crippen molar-refractivity contribution < 1.29 is 9.84 Å². The van der Waals surface area contributed by atoms with Crippen LogP contribution in [-0.4, -0.2) is 25.4 Å². The highest BCUT2D eigenvalue weighted by Crippen LogP contribution is 1.56. The molecule has 0 aliphatic carbocycles. The molecule has 0 saturated carbocycles. The van der Waals surface area contributed by atoms with Gasteiger partial charge in [-0.3, -0.25) is 0 Å². The summed E-state index contributed by atoms with van der Waals surface area (Å²) in [6.45, 7) is 42.6. The second-order valence-corrected chi connectivity index (χ2v) is 0.716. The molecule has 1 N–H and O–H groups in total. The van der Waals surface area contributed by atoms with Gasteiger partial charge in [-0.1, -0.05) is 0 Å². The Labute approximate surface area is 123 Å². The number of aliphatic hydroxyl groups is 1. The molecule has 0 aromatic rings. The highest BCUT2D eigenvalue weighted by molar-refractivity contribution is 4.23. The third-order valence-electron chi connectivity index (χ3n) is 0.295. The number of hydrogen-bond acceptors (Lipinski definition) is 2. The minimum Gasteiger partial charge on any atom is -0.394 e. The van der Waals surface area contributed by atoms with Crippen molar-refractivity contribution in [3.63, 3.8) is 0 Å². The van der Waals surface area contributed by atoms with Crippen molar-refractivity contribution >= 4 is 0 Å². The van der Waals surface area contributed by atoms with Crippen molar-refractivity contribution in [1.29, 1.82) is 0 Å². The van der Waals surface area contributed by atoms with Gasteiger partial charge in [0.05, 0.1) is 13.2 Å². The van der Waals surface area contributed by atoms with E-state index in [1.807, 2.05) is 0 Å². The molecule has 0 radical (unpaired) electrons. The van der Waals surface area contributed by atoms with Gasteiger partial charge >= 0.3 is 0 Å². The Hall–Kier alpha value is -1.90. The van der Waals surface area contributed by atoms with E-state index in [9.17, 15) is 0 Å². The first kappa shape index (κ1) is 53.5. The van der Waals surface area contributed by atoms with Crippen LogP contribution in [0.5, 0.6) is 0 Å². The van der Waals surface area contributed by atoms with Gasteiger partial charge in [-0.15, -0.1) is 92.1 Å². The molecule has 0 heterocycles. The molecule has 0 aromatic carbocycles. The Morgan fingerprint density at radius 2 is 0.737 bits per heavy atom. The van der Waals surface area contributed by atoms with Crippen LogP contribution in [0.1, 0.15) is 0 Å². The SMILES string of the molecule is C=C.C=C.C=C.C=C.C=C.C=C.C=C.COCCO. The predicted octanol–water partition coefficient (Wildman–Crippen LogP) is 5.24. The smallest absolute Gasteiger partial charge is 0.0693 e. The summed E-state index contributed by atoms with van der Waals surface area (Å²) in [7, 11) is 1.55. The fourth-order valence-corrected chi connectivity index (χ4v) is 0.0913. The van der Waals surface area contributed by atoms with Crippen LogP contribution in [0, 0.1) is 0 Å². The average Bonchev–Trinajstić information content (AvgIpc) is 2.61. The van der Waals surface area contributed by atoms with Crippen molar-refractivity contribution in [3.05, 3.63) is 92.1 Å². The molecular weight excluding hydrogens is 236 g/mol. The summed E-state index contributed by atoms with van der Waals surface area (Å²) < 4.78 is 4.44. The van der Waals surface area contributed by atoms with E-state index in [0.29, 0.717) is 6.61 Å².